The molecule has 1 atom stereocenters. The van der Waals surface area contributed by atoms with Crippen molar-refractivity contribution in [2.75, 3.05) is 14.2 Å². The van der Waals surface area contributed by atoms with Gasteiger partial charge in [-0.05, 0) is 29.5 Å². The van der Waals surface area contributed by atoms with Gasteiger partial charge in [0, 0.05) is 18.9 Å². The van der Waals surface area contributed by atoms with Gasteiger partial charge in [-0.3, -0.25) is 15.0 Å². The van der Waals surface area contributed by atoms with E-state index in [1.165, 1.54) is 26.2 Å². The number of benzene rings is 1. The van der Waals surface area contributed by atoms with Crippen molar-refractivity contribution in [1.82, 2.24) is 10.4 Å². The van der Waals surface area contributed by atoms with E-state index in [0.29, 0.717) is 41.2 Å². The number of hydrazine groups is 1. The average molecular weight is 410 g/mol. The Balaban J connectivity index is 2.27. The zero-order valence-electron chi connectivity index (χ0n) is 17.8. The molecular formula is C22H26N4O4. The molecule has 158 valence electrons. The van der Waals surface area contributed by atoms with Crippen LogP contribution in [0.15, 0.2) is 40.9 Å². The first-order valence-corrected chi connectivity index (χ1v) is 9.58. The van der Waals surface area contributed by atoms with Crippen molar-refractivity contribution >= 4 is 11.7 Å². The second-order valence-electron chi connectivity index (χ2n) is 8.26. The van der Waals surface area contributed by atoms with Gasteiger partial charge in [0.15, 0.2) is 17.3 Å². The van der Waals surface area contributed by atoms with Crippen LogP contribution in [0.5, 0.6) is 11.5 Å². The van der Waals surface area contributed by atoms with Gasteiger partial charge >= 0.3 is 0 Å². The summed E-state index contributed by atoms with van der Waals surface area (Å²) in [6, 6.07) is 7.43. The fourth-order valence-electron chi connectivity index (χ4n) is 4.16. The zero-order valence-corrected chi connectivity index (χ0v) is 17.8. The Morgan fingerprint density at radius 3 is 2.50 bits per heavy atom. The van der Waals surface area contributed by atoms with Crippen molar-refractivity contribution in [2.45, 2.75) is 39.5 Å². The van der Waals surface area contributed by atoms with Gasteiger partial charge in [-0.15, -0.1) is 0 Å². The minimum Gasteiger partial charge on any atom is -0.493 e. The van der Waals surface area contributed by atoms with Crippen LogP contribution in [0.1, 0.15) is 45.1 Å². The van der Waals surface area contributed by atoms with Crippen molar-refractivity contribution < 1.29 is 19.1 Å². The number of ketones is 1. The molecule has 1 aromatic rings. The summed E-state index contributed by atoms with van der Waals surface area (Å²) >= 11 is 0. The van der Waals surface area contributed by atoms with E-state index >= 15 is 0 Å². The molecule has 30 heavy (non-hydrogen) atoms. The molecule has 0 spiro atoms. The smallest absolute Gasteiger partial charge is 0.235 e. The van der Waals surface area contributed by atoms with Crippen molar-refractivity contribution in [2.24, 2.45) is 11.1 Å². The molecule has 0 radical (unpaired) electrons. The number of ether oxygens (including phenoxy) is 2. The number of nitrogens with two attached hydrogens (primary N) is 1. The molecule has 1 unspecified atom stereocenters. The Morgan fingerprint density at radius 1 is 1.27 bits per heavy atom. The summed E-state index contributed by atoms with van der Waals surface area (Å²) in [4.78, 5) is 25.1. The van der Waals surface area contributed by atoms with Crippen LogP contribution < -0.4 is 20.6 Å². The Hall–Kier alpha value is -3.47. The molecule has 0 aromatic heterocycles. The number of Topliss-reactive ketones (excluding diaryl/α,β-unsaturated/α-hetero) is 1. The number of rotatable bonds is 4. The second kappa shape index (κ2) is 7.75. The van der Waals surface area contributed by atoms with E-state index in [-0.39, 0.29) is 28.5 Å². The summed E-state index contributed by atoms with van der Waals surface area (Å²) in [5.41, 5.74) is 10.7. The topological polar surface area (TPSA) is 118 Å². The third kappa shape index (κ3) is 3.59. The SMILES string of the molecule is COc1ccc(C2C(C#N)=C(N)N(NC(C)=O)C3=C2C(=O)CC(C)(C)C3)cc1OC. The molecule has 1 aliphatic carbocycles. The number of amides is 1. The minimum absolute atomic E-state index is 0.0726. The number of allylic oxidation sites excluding steroid dienone is 3. The molecule has 3 N–H and O–H groups in total. The standard InChI is InChI=1S/C22H26N4O4/c1-12(27)25-26-15-9-22(2,3)10-16(28)20(15)19(14(11-23)21(26)24)13-6-7-17(29-4)18(8-13)30-5/h6-8,19H,9-10,24H2,1-5H3,(H,25,27). The fourth-order valence-corrected chi connectivity index (χ4v) is 4.16. The van der Waals surface area contributed by atoms with Crippen LogP contribution in [0.3, 0.4) is 0 Å². The maximum atomic E-state index is 13.3. The lowest BCUT2D eigenvalue weighted by atomic mass is 9.69. The number of nitriles is 1. The van der Waals surface area contributed by atoms with Gasteiger partial charge in [-0.25, -0.2) is 5.01 Å². The highest BCUT2D eigenvalue weighted by molar-refractivity contribution is 6.00. The predicted molar refractivity (Wildman–Crippen MR) is 110 cm³/mol. The van der Waals surface area contributed by atoms with Crippen LogP contribution in [0.2, 0.25) is 0 Å². The Morgan fingerprint density at radius 2 is 1.93 bits per heavy atom. The van der Waals surface area contributed by atoms with E-state index in [9.17, 15) is 14.9 Å². The van der Waals surface area contributed by atoms with Gasteiger partial charge in [0.05, 0.1) is 37.5 Å². The molecule has 3 rings (SSSR count). The maximum absolute atomic E-state index is 13.3. The molecule has 8 nitrogen and oxygen atoms in total. The number of hydrogen-bond donors (Lipinski definition) is 2. The molecule has 0 bridgehead atoms. The van der Waals surface area contributed by atoms with Crippen LogP contribution in [-0.4, -0.2) is 30.9 Å². The predicted octanol–water partition coefficient (Wildman–Crippen LogP) is 2.49. The van der Waals surface area contributed by atoms with Crippen LogP contribution in [-0.2, 0) is 9.59 Å². The Kier molecular flexibility index (Phi) is 5.49. The number of methoxy groups -OCH3 is 2. The third-order valence-electron chi connectivity index (χ3n) is 5.39. The van der Waals surface area contributed by atoms with E-state index < -0.39 is 5.92 Å². The lowest BCUT2D eigenvalue weighted by molar-refractivity contribution is -0.123. The maximum Gasteiger partial charge on any atom is 0.235 e. The molecule has 1 heterocycles. The van der Waals surface area contributed by atoms with Crippen LogP contribution in [0.25, 0.3) is 0 Å². The highest BCUT2D eigenvalue weighted by Gasteiger charge is 2.44. The summed E-state index contributed by atoms with van der Waals surface area (Å²) in [7, 11) is 3.06. The van der Waals surface area contributed by atoms with E-state index in [0.717, 1.165) is 0 Å². The van der Waals surface area contributed by atoms with Crippen LogP contribution in [0, 0.1) is 16.7 Å². The van der Waals surface area contributed by atoms with Crippen LogP contribution >= 0.6 is 0 Å². The van der Waals surface area contributed by atoms with Gasteiger partial charge in [-0.1, -0.05) is 19.9 Å². The minimum atomic E-state index is -0.654. The molecular weight excluding hydrogens is 384 g/mol. The number of carbonyl (C=O) groups excluding carboxylic acids is 2. The lowest BCUT2D eigenvalue weighted by Gasteiger charge is -2.43. The normalized spacial score (nSPS) is 20.5. The van der Waals surface area contributed by atoms with Crippen molar-refractivity contribution in [3.8, 4) is 17.6 Å². The summed E-state index contributed by atoms with van der Waals surface area (Å²) < 4.78 is 10.7. The molecule has 0 saturated heterocycles. The highest BCUT2D eigenvalue weighted by Crippen LogP contribution is 2.49. The Bertz CT molecular complexity index is 1020. The van der Waals surface area contributed by atoms with Gasteiger partial charge < -0.3 is 15.2 Å². The zero-order chi connectivity index (χ0) is 22.2. The molecule has 1 aliphatic heterocycles. The molecule has 1 amide bonds. The van der Waals surface area contributed by atoms with Crippen molar-refractivity contribution in [3.63, 3.8) is 0 Å². The summed E-state index contributed by atoms with van der Waals surface area (Å²) in [6.07, 6.45) is 0.861. The van der Waals surface area contributed by atoms with E-state index in [1.54, 1.807) is 18.2 Å². The molecule has 8 heteroatoms. The van der Waals surface area contributed by atoms with Gasteiger partial charge in [0.1, 0.15) is 5.82 Å². The summed E-state index contributed by atoms with van der Waals surface area (Å²) in [6.45, 7) is 5.34. The Labute approximate surface area is 175 Å². The molecule has 0 fully saturated rings. The summed E-state index contributed by atoms with van der Waals surface area (Å²) in [5, 5.41) is 11.3. The van der Waals surface area contributed by atoms with Gasteiger partial charge in [-0.2, -0.15) is 5.26 Å². The molecule has 0 saturated carbocycles. The monoisotopic (exact) mass is 410 g/mol. The van der Waals surface area contributed by atoms with E-state index in [1.807, 2.05) is 13.8 Å². The van der Waals surface area contributed by atoms with E-state index in [4.69, 9.17) is 15.2 Å². The largest absolute Gasteiger partial charge is 0.493 e. The number of nitrogens with zero attached hydrogens (tertiary/aromatic N) is 2. The average Bonchev–Trinajstić information content (AvgIpc) is 2.68. The number of hydrogen-bond acceptors (Lipinski definition) is 7. The van der Waals surface area contributed by atoms with Gasteiger partial charge in [0.25, 0.3) is 0 Å². The first kappa shape index (κ1) is 21.2. The van der Waals surface area contributed by atoms with E-state index in [2.05, 4.69) is 11.5 Å². The van der Waals surface area contributed by atoms with Gasteiger partial charge in [0.2, 0.25) is 5.91 Å². The molecule has 2 aliphatic rings. The second-order valence-corrected chi connectivity index (χ2v) is 8.26. The third-order valence-corrected chi connectivity index (χ3v) is 5.39. The lowest BCUT2D eigenvalue weighted by Crippen LogP contribution is -2.49. The summed E-state index contributed by atoms with van der Waals surface area (Å²) in [5.74, 6) is 0.0628. The number of carbonyl (C=O) groups is 2. The first-order chi connectivity index (χ1) is 14.1. The number of nitrogens with one attached hydrogen (secondary N) is 1. The molecule has 1 aromatic carbocycles. The first-order valence-electron chi connectivity index (χ1n) is 9.58. The van der Waals surface area contributed by atoms with Crippen molar-refractivity contribution in [1.29, 1.82) is 5.26 Å². The van der Waals surface area contributed by atoms with Crippen LogP contribution in [0.4, 0.5) is 0 Å². The highest BCUT2D eigenvalue weighted by atomic mass is 16.5. The quantitative estimate of drug-likeness (QED) is 0.783. The fraction of sp³-hybridized carbons (Fsp3) is 0.409. The van der Waals surface area contributed by atoms with Crippen molar-refractivity contribution in [3.05, 3.63) is 46.4 Å².